The number of aryl methyl sites for hydroxylation is 1. The molecule has 1 rings (SSSR count). The first-order chi connectivity index (χ1) is 7.09. The molecule has 80 valence electrons. The van der Waals surface area contributed by atoms with E-state index in [2.05, 4.69) is 0 Å². The fourth-order valence-corrected chi connectivity index (χ4v) is 1.16. The van der Waals surface area contributed by atoms with Gasteiger partial charge in [-0.2, -0.15) is 0 Å². The summed E-state index contributed by atoms with van der Waals surface area (Å²) in [7, 11) is 0. The molecule has 1 aromatic carbocycles. The van der Waals surface area contributed by atoms with Crippen LogP contribution in [0.5, 0.6) is 0 Å². The Kier molecular flexibility index (Phi) is 3.97. The maximum absolute atomic E-state index is 13.0. The van der Waals surface area contributed by atoms with Gasteiger partial charge in [-0.05, 0) is 36.6 Å². The number of halogens is 2. The second-order valence-electron chi connectivity index (χ2n) is 3.02. The van der Waals surface area contributed by atoms with E-state index < -0.39 is 17.6 Å². The quantitative estimate of drug-likeness (QED) is 0.778. The average Bonchev–Trinajstić information content (AvgIpc) is 2.17. The number of carboxylic acid groups (broad SMARTS) is 1. The lowest BCUT2D eigenvalue weighted by Crippen LogP contribution is -1.92. The van der Waals surface area contributed by atoms with Gasteiger partial charge in [0.05, 0.1) is 0 Å². The highest BCUT2D eigenvalue weighted by Gasteiger charge is 2.02. The van der Waals surface area contributed by atoms with Crippen molar-refractivity contribution < 1.29 is 18.7 Å². The number of allylic oxidation sites excluding steroid dienone is 1. The van der Waals surface area contributed by atoms with Crippen molar-refractivity contribution in [3.63, 3.8) is 0 Å². The number of carbonyl (C=O) groups is 1. The summed E-state index contributed by atoms with van der Waals surface area (Å²) < 4.78 is 25.8. The third-order valence-electron chi connectivity index (χ3n) is 1.85. The second-order valence-corrected chi connectivity index (χ2v) is 3.02. The fourth-order valence-electron chi connectivity index (χ4n) is 1.16. The molecular formula is C11H10F2O2. The Hall–Kier alpha value is -1.71. The van der Waals surface area contributed by atoms with Gasteiger partial charge in [-0.15, -0.1) is 0 Å². The van der Waals surface area contributed by atoms with Crippen molar-refractivity contribution >= 4 is 5.97 Å². The van der Waals surface area contributed by atoms with Crippen molar-refractivity contribution in [2.75, 3.05) is 0 Å². The molecule has 0 heterocycles. The molecule has 0 saturated heterocycles. The summed E-state index contributed by atoms with van der Waals surface area (Å²) in [6, 6.07) is 3.22. The molecule has 0 aliphatic carbocycles. The Bertz CT molecular complexity index is 386. The topological polar surface area (TPSA) is 37.3 Å². The summed E-state index contributed by atoms with van der Waals surface area (Å²) in [5.41, 5.74) is 0.255. The minimum atomic E-state index is -1.05. The molecule has 0 radical (unpaired) electrons. The first kappa shape index (κ1) is 11.4. The highest BCUT2D eigenvalue weighted by molar-refractivity contribution is 5.79. The highest BCUT2D eigenvalue weighted by Crippen LogP contribution is 2.11. The van der Waals surface area contributed by atoms with Gasteiger partial charge >= 0.3 is 5.97 Å². The van der Waals surface area contributed by atoms with Crippen molar-refractivity contribution in [1.82, 2.24) is 0 Å². The van der Waals surface area contributed by atoms with Gasteiger partial charge < -0.3 is 5.11 Å². The van der Waals surface area contributed by atoms with Crippen LogP contribution in [0.3, 0.4) is 0 Å². The average molecular weight is 212 g/mol. The summed E-state index contributed by atoms with van der Waals surface area (Å²) in [5.74, 6) is -2.01. The van der Waals surface area contributed by atoms with Crippen LogP contribution in [0.1, 0.15) is 12.0 Å². The van der Waals surface area contributed by atoms with Crippen LogP contribution in [0, 0.1) is 11.6 Å². The van der Waals surface area contributed by atoms with Gasteiger partial charge in [-0.1, -0.05) is 6.08 Å². The smallest absolute Gasteiger partial charge is 0.327 e. The van der Waals surface area contributed by atoms with E-state index in [1.165, 1.54) is 6.08 Å². The Morgan fingerprint density at radius 1 is 1.40 bits per heavy atom. The molecule has 1 aromatic rings. The lowest BCUT2D eigenvalue weighted by Gasteiger charge is -2.00. The minimum absolute atomic E-state index is 0.255. The summed E-state index contributed by atoms with van der Waals surface area (Å²) in [6.07, 6.45) is 3.05. The Morgan fingerprint density at radius 3 is 2.80 bits per heavy atom. The Balaban J connectivity index is 2.57. The second kappa shape index (κ2) is 5.24. The van der Waals surface area contributed by atoms with Gasteiger partial charge in [-0.3, -0.25) is 0 Å². The minimum Gasteiger partial charge on any atom is -0.478 e. The maximum Gasteiger partial charge on any atom is 0.327 e. The van der Waals surface area contributed by atoms with Gasteiger partial charge in [0.25, 0.3) is 0 Å². The van der Waals surface area contributed by atoms with Crippen LogP contribution in [0.25, 0.3) is 0 Å². The largest absolute Gasteiger partial charge is 0.478 e. The van der Waals surface area contributed by atoms with Crippen LogP contribution in [0.4, 0.5) is 8.78 Å². The third-order valence-corrected chi connectivity index (χ3v) is 1.85. The molecule has 0 aliphatic heterocycles. The molecule has 0 atom stereocenters. The van der Waals surface area contributed by atoms with E-state index in [0.717, 1.165) is 24.3 Å². The molecule has 15 heavy (non-hydrogen) atoms. The van der Waals surface area contributed by atoms with E-state index in [9.17, 15) is 13.6 Å². The molecule has 0 bridgehead atoms. The number of rotatable bonds is 4. The number of carboxylic acids is 1. The van der Waals surface area contributed by atoms with Crippen LogP contribution < -0.4 is 0 Å². The molecule has 0 fully saturated rings. The molecule has 0 unspecified atom stereocenters. The summed E-state index contributed by atoms with van der Waals surface area (Å²) >= 11 is 0. The molecule has 0 aliphatic rings. The van der Waals surface area contributed by atoms with E-state index in [1.54, 1.807) is 0 Å². The predicted octanol–water partition coefficient (Wildman–Crippen LogP) is 2.54. The first-order valence-corrected chi connectivity index (χ1v) is 4.43. The highest BCUT2D eigenvalue weighted by atomic mass is 19.1. The zero-order valence-electron chi connectivity index (χ0n) is 7.91. The van der Waals surface area contributed by atoms with Crippen LogP contribution in [0.2, 0.25) is 0 Å². The van der Waals surface area contributed by atoms with Crippen LogP contribution in [-0.4, -0.2) is 11.1 Å². The Morgan fingerprint density at radius 2 is 2.13 bits per heavy atom. The van der Waals surface area contributed by atoms with E-state index in [4.69, 9.17) is 5.11 Å². The van der Waals surface area contributed by atoms with E-state index in [1.807, 2.05) is 0 Å². The number of aliphatic carboxylic acids is 1. The normalized spacial score (nSPS) is 10.8. The molecule has 2 nitrogen and oxygen atoms in total. The van der Waals surface area contributed by atoms with Gasteiger partial charge in [-0.25, -0.2) is 13.6 Å². The third kappa shape index (κ3) is 3.89. The van der Waals surface area contributed by atoms with Gasteiger partial charge in [0, 0.05) is 6.08 Å². The molecule has 0 spiro atoms. The summed E-state index contributed by atoms with van der Waals surface area (Å²) in [4.78, 5) is 10.1. The lowest BCUT2D eigenvalue weighted by molar-refractivity contribution is -0.131. The zero-order valence-corrected chi connectivity index (χ0v) is 7.91. The van der Waals surface area contributed by atoms with Gasteiger partial charge in [0.2, 0.25) is 0 Å². The van der Waals surface area contributed by atoms with Crippen LogP contribution in [0.15, 0.2) is 30.4 Å². The number of hydrogen-bond donors (Lipinski definition) is 1. The van der Waals surface area contributed by atoms with Crippen LogP contribution in [-0.2, 0) is 11.2 Å². The number of hydrogen-bond acceptors (Lipinski definition) is 1. The van der Waals surface area contributed by atoms with Gasteiger partial charge in [0.15, 0.2) is 0 Å². The monoisotopic (exact) mass is 212 g/mol. The molecular weight excluding hydrogens is 202 g/mol. The van der Waals surface area contributed by atoms with Crippen molar-refractivity contribution in [2.24, 2.45) is 0 Å². The van der Waals surface area contributed by atoms with E-state index in [-0.39, 0.29) is 12.0 Å². The molecule has 4 heteroatoms. The van der Waals surface area contributed by atoms with Crippen molar-refractivity contribution in [1.29, 1.82) is 0 Å². The zero-order chi connectivity index (χ0) is 11.3. The molecule has 0 saturated carbocycles. The lowest BCUT2D eigenvalue weighted by atomic mass is 10.1. The van der Waals surface area contributed by atoms with Gasteiger partial charge in [0.1, 0.15) is 11.6 Å². The standard InChI is InChI=1S/C11H10F2O2/c12-9-5-6-10(13)8(7-9)3-1-2-4-11(14)15/h2,4-7H,1,3H2,(H,14,15)/b4-2+. The molecule has 0 amide bonds. The molecule has 0 aromatic heterocycles. The van der Waals surface area contributed by atoms with Crippen molar-refractivity contribution in [3.8, 4) is 0 Å². The first-order valence-electron chi connectivity index (χ1n) is 4.43. The van der Waals surface area contributed by atoms with Crippen molar-refractivity contribution in [2.45, 2.75) is 12.8 Å². The van der Waals surface area contributed by atoms with Crippen LogP contribution >= 0.6 is 0 Å². The summed E-state index contributed by atoms with van der Waals surface area (Å²) in [6.45, 7) is 0. The molecule has 1 N–H and O–H groups in total. The van der Waals surface area contributed by atoms with Crippen molar-refractivity contribution in [3.05, 3.63) is 47.5 Å². The number of benzene rings is 1. The summed E-state index contributed by atoms with van der Waals surface area (Å²) in [5, 5.41) is 8.29. The van der Waals surface area contributed by atoms with E-state index >= 15 is 0 Å². The fraction of sp³-hybridized carbons (Fsp3) is 0.182. The predicted molar refractivity (Wildman–Crippen MR) is 51.5 cm³/mol. The van der Waals surface area contributed by atoms with E-state index in [0.29, 0.717) is 6.42 Å². The SMILES string of the molecule is O=C(O)/C=C/CCc1cc(F)ccc1F. The maximum atomic E-state index is 13.0. The Labute approximate surface area is 85.9 Å².